The Morgan fingerprint density at radius 3 is 2.22 bits per heavy atom. The van der Waals surface area contributed by atoms with E-state index in [0.29, 0.717) is 17.9 Å². The third-order valence-corrected chi connectivity index (χ3v) is 7.62. The van der Waals surface area contributed by atoms with Crippen LogP contribution in [0, 0.1) is 0 Å². The smallest absolute Gasteiger partial charge is 0.416 e. The van der Waals surface area contributed by atoms with E-state index < -0.39 is 58.4 Å². The van der Waals surface area contributed by atoms with E-state index in [0.717, 1.165) is 11.6 Å². The quantitative estimate of drug-likeness (QED) is 0.246. The van der Waals surface area contributed by atoms with Gasteiger partial charge in [0, 0.05) is 30.3 Å². The third-order valence-electron chi connectivity index (χ3n) is 7.62. The summed E-state index contributed by atoms with van der Waals surface area (Å²) in [5, 5.41) is 3.00. The number of nitrogens with one attached hydrogen (secondary N) is 1. The highest BCUT2D eigenvalue weighted by Gasteiger charge is 2.39. The number of hydrogen-bond acceptors (Lipinski definition) is 5. The molecule has 3 aromatic carbocycles. The highest BCUT2D eigenvalue weighted by atomic mass is 19.4. The van der Waals surface area contributed by atoms with Crippen LogP contribution in [0.5, 0.6) is 5.75 Å². The largest absolute Gasteiger partial charge is 0.497 e. The second-order valence-electron chi connectivity index (χ2n) is 10.7. The molecule has 0 radical (unpaired) electrons. The minimum Gasteiger partial charge on any atom is -0.497 e. The fourth-order valence-corrected chi connectivity index (χ4v) is 5.40. The van der Waals surface area contributed by atoms with Crippen molar-refractivity contribution in [3.63, 3.8) is 0 Å². The zero-order valence-electron chi connectivity index (χ0n) is 23.7. The van der Waals surface area contributed by atoms with E-state index in [1.807, 2.05) is 0 Å². The summed E-state index contributed by atoms with van der Waals surface area (Å²) in [6.07, 6.45) is -9.73. The van der Waals surface area contributed by atoms with Crippen LogP contribution >= 0.6 is 0 Å². The van der Waals surface area contributed by atoms with E-state index in [4.69, 9.17) is 9.15 Å². The maximum absolute atomic E-state index is 13.6. The normalized spacial score (nSPS) is 17.3. The molecule has 5 rings (SSSR count). The number of amides is 2. The summed E-state index contributed by atoms with van der Waals surface area (Å²) in [4.78, 5) is 40.6. The summed E-state index contributed by atoms with van der Waals surface area (Å²) >= 11 is 0. The fourth-order valence-electron chi connectivity index (χ4n) is 5.40. The zero-order chi connectivity index (χ0) is 32.5. The van der Waals surface area contributed by atoms with Crippen LogP contribution in [-0.2, 0) is 18.8 Å². The number of benzene rings is 3. The monoisotopic (exact) mass is 632 g/mol. The first kappa shape index (κ1) is 31.6. The highest BCUT2D eigenvalue weighted by molar-refractivity contribution is 5.95. The molecule has 0 bridgehead atoms. The van der Waals surface area contributed by atoms with Crippen LogP contribution in [0.4, 0.5) is 26.3 Å². The summed E-state index contributed by atoms with van der Waals surface area (Å²) in [5.74, 6) is -1.51. The van der Waals surface area contributed by atoms with Gasteiger partial charge in [-0.2, -0.15) is 26.3 Å². The molecule has 1 aliphatic heterocycles. The topological polar surface area (TPSA) is 88.8 Å². The molecule has 1 fully saturated rings. The van der Waals surface area contributed by atoms with Crippen LogP contribution in [0.25, 0.3) is 11.0 Å². The molecule has 1 N–H and O–H groups in total. The lowest BCUT2D eigenvalue weighted by atomic mass is 9.91. The predicted molar refractivity (Wildman–Crippen MR) is 151 cm³/mol. The summed E-state index contributed by atoms with van der Waals surface area (Å²) in [7, 11) is 1.44. The lowest BCUT2D eigenvalue weighted by Gasteiger charge is -2.40. The Labute approximate surface area is 252 Å². The van der Waals surface area contributed by atoms with Crippen molar-refractivity contribution >= 4 is 22.8 Å². The number of likely N-dealkylation sites (tertiary alicyclic amines) is 1. The molecule has 7 nitrogen and oxygen atoms in total. The molecule has 13 heteroatoms. The number of ether oxygens (including phenoxy) is 1. The number of halogens is 6. The van der Waals surface area contributed by atoms with Crippen molar-refractivity contribution in [1.29, 1.82) is 0 Å². The molecule has 4 aromatic rings. The van der Waals surface area contributed by atoms with Gasteiger partial charge in [-0.3, -0.25) is 14.4 Å². The maximum atomic E-state index is 13.6. The molecule has 2 amide bonds. The van der Waals surface area contributed by atoms with E-state index in [1.165, 1.54) is 24.1 Å². The van der Waals surface area contributed by atoms with Crippen molar-refractivity contribution in [2.24, 2.45) is 0 Å². The van der Waals surface area contributed by atoms with Gasteiger partial charge >= 0.3 is 12.4 Å². The number of piperidine rings is 1. The van der Waals surface area contributed by atoms with Crippen LogP contribution in [0.2, 0.25) is 0 Å². The predicted octanol–water partition coefficient (Wildman–Crippen LogP) is 6.49. The summed E-state index contributed by atoms with van der Waals surface area (Å²) in [6.45, 7) is -0.0691. The van der Waals surface area contributed by atoms with Gasteiger partial charge in [0.15, 0.2) is 11.2 Å². The average molecular weight is 633 g/mol. The van der Waals surface area contributed by atoms with Crippen LogP contribution in [0.15, 0.2) is 82.0 Å². The Hall–Kier alpha value is -4.81. The van der Waals surface area contributed by atoms with Crippen molar-refractivity contribution in [1.82, 2.24) is 10.2 Å². The van der Waals surface area contributed by atoms with Gasteiger partial charge in [0.05, 0.1) is 23.6 Å². The molecule has 1 aliphatic rings. The second kappa shape index (κ2) is 12.3. The molecule has 1 aromatic heterocycles. The van der Waals surface area contributed by atoms with E-state index in [9.17, 15) is 40.7 Å². The molecular weight excluding hydrogens is 606 g/mol. The lowest BCUT2D eigenvalue weighted by Crippen LogP contribution is -2.52. The average Bonchev–Trinajstić information content (AvgIpc) is 3.00. The van der Waals surface area contributed by atoms with Crippen molar-refractivity contribution < 1.29 is 45.1 Å². The molecule has 2 atom stereocenters. The molecule has 45 heavy (non-hydrogen) atoms. The van der Waals surface area contributed by atoms with Crippen LogP contribution in [0.3, 0.4) is 0 Å². The molecule has 0 aliphatic carbocycles. The maximum Gasteiger partial charge on any atom is 0.416 e. The summed E-state index contributed by atoms with van der Waals surface area (Å²) in [5.41, 5.74) is -3.46. The summed E-state index contributed by atoms with van der Waals surface area (Å²) in [6, 6.07) is 14.0. The van der Waals surface area contributed by atoms with Gasteiger partial charge in [0.2, 0.25) is 0 Å². The van der Waals surface area contributed by atoms with Gasteiger partial charge in [-0.15, -0.1) is 0 Å². The summed E-state index contributed by atoms with van der Waals surface area (Å²) < 4.78 is 91.8. The number of carbonyl (C=O) groups is 2. The molecule has 236 valence electrons. The van der Waals surface area contributed by atoms with Gasteiger partial charge < -0.3 is 19.4 Å². The first-order valence-corrected chi connectivity index (χ1v) is 13.8. The number of methoxy groups -OCH3 is 1. The molecular formula is C32H26F6N2O5. The fraction of sp³-hybridized carbons (Fsp3) is 0.281. The van der Waals surface area contributed by atoms with E-state index in [1.54, 1.807) is 36.4 Å². The number of nitrogens with zero attached hydrogens (tertiary/aromatic N) is 1. The van der Waals surface area contributed by atoms with Gasteiger partial charge in [-0.05, 0) is 61.2 Å². The Morgan fingerprint density at radius 1 is 0.933 bits per heavy atom. The number of rotatable bonds is 6. The van der Waals surface area contributed by atoms with E-state index in [-0.39, 0.29) is 48.6 Å². The van der Waals surface area contributed by atoms with Crippen LogP contribution < -0.4 is 15.5 Å². The van der Waals surface area contributed by atoms with Crippen LogP contribution in [-0.4, -0.2) is 42.5 Å². The first-order valence-electron chi connectivity index (χ1n) is 13.8. The van der Waals surface area contributed by atoms with Gasteiger partial charge in [-0.25, -0.2) is 0 Å². The van der Waals surface area contributed by atoms with Crippen LogP contribution in [0.1, 0.15) is 50.4 Å². The van der Waals surface area contributed by atoms with Gasteiger partial charge in [-0.1, -0.05) is 30.3 Å². The number of carbonyl (C=O) groups excluding carboxylic acids is 2. The Balaban J connectivity index is 1.41. The zero-order valence-corrected chi connectivity index (χ0v) is 23.7. The highest BCUT2D eigenvalue weighted by Crippen LogP contribution is 2.37. The van der Waals surface area contributed by atoms with E-state index in [2.05, 4.69) is 5.32 Å². The Morgan fingerprint density at radius 2 is 1.60 bits per heavy atom. The lowest BCUT2D eigenvalue weighted by molar-refractivity contribution is -0.143. The first-order chi connectivity index (χ1) is 21.2. The van der Waals surface area contributed by atoms with Gasteiger partial charge in [0.25, 0.3) is 11.8 Å². The van der Waals surface area contributed by atoms with Crippen molar-refractivity contribution in [3.05, 3.63) is 111 Å². The molecule has 1 saturated heterocycles. The number of hydrogen-bond donors (Lipinski definition) is 1. The van der Waals surface area contributed by atoms with Crippen molar-refractivity contribution in [3.8, 4) is 5.75 Å². The van der Waals surface area contributed by atoms with Crippen molar-refractivity contribution in [2.45, 2.75) is 43.7 Å². The molecule has 2 heterocycles. The van der Waals surface area contributed by atoms with Gasteiger partial charge in [0.1, 0.15) is 11.3 Å². The third kappa shape index (κ3) is 7.13. The SMILES string of the molecule is COc1ccc2oc(C(=O)NC3CCN(C(=O)c4cc(C(F)(F)F)cc(C(F)(F)F)c4)C(Cc4ccccc4)C3)cc(=O)c2c1. The number of fused-ring (bicyclic) bond motifs is 1. The molecule has 2 unspecified atom stereocenters. The minimum atomic E-state index is -5.11. The van der Waals surface area contributed by atoms with E-state index >= 15 is 0 Å². The molecule has 0 spiro atoms. The second-order valence-corrected chi connectivity index (χ2v) is 10.7. The minimum absolute atomic E-state index is 0.0261. The Kier molecular flexibility index (Phi) is 8.63. The van der Waals surface area contributed by atoms with Crippen molar-refractivity contribution in [2.75, 3.05) is 13.7 Å². The standard InChI is InChI=1S/C32H26F6N2O5/c1-44-24-7-8-27-25(16-24)26(41)17-28(45-27)29(42)39-22-9-10-40(23(15-22)11-18-5-3-2-4-6-18)30(43)19-12-20(31(33,34)35)14-21(13-19)32(36,37)38/h2-8,12-14,16-17,22-23H,9-11,15H2,1H3,(H,39,42). The number of alkyl halides is 6. The Bertz CT molecular complexity index is 1750. The molecule has 0 saturated carbocycles.